The van der Waals surface area contributed by atoms with E-state index in [0.29, 0.717) is 42.8 Å². The molecule has 2 heterocycles. The molecule has 186 valence electrons. The Bertz CT molecular complexity index is 1100. The van der Waals surface area contributed by atoms with Crippen LogP contribution in [-0.2, 0) is 9.53 Å². The lowest BCUT2D eigenvalue weighted by Crippen LogP contribution is -2.60. The zero-order valence-corrected chi connectivity index (χ0v) is 20.1. The number of carbonyl (C=O) groups is 3. The van der Waals surface area contributed by atoms with Crippen LogP contribution < -0.4 is 10.1 Å². The molecule has 0 radical (unpaired) electrons. The van der Waals surface area contributed by atoms with Crippen LogP contribution >= 0.6 is 0 Å². The number of rotatable bonds is 5. The van der Waals surface area contributed by atoms with Crippen LogP contribution in [-0.4, -0.2) is 72.1 Å². The van der Waals surface area contributed by atoms with E-state index in [2.05, 4.69) is 5.32 Å². The Kier molecular flexibility index (Phi) is 7.07. The van der Waals surface area contributed by atoms with Crippen molar-refractivity contribution in [1.82, 2.24) is 15.1 Å². The highest BCUT2D eigenvalue weighted by Gasteiger charge is 2.54. The summed E-state index contributed by atoms with van der Waals surface area (Å²) in [7, 11) is 1.52. The van der Waals surface area contributed by atoms with Gasteiger partial charge < -0.3 is 19.7 Å². The molecule has 3 amide bonds. The molecule has 2 saturated heterocycles. The summed E-state index contributed by atoms with van der Waals surface area (Å²) in [6, 6.07) is 11.3. The normalized spacial score (nSPS) is 19.2. The highest BCUT2D eigenvalue weighted by molar-refractivity contribution is 5.99. The smallest absolute Gasteiger partial charge is 0.257 e. The molecule has 2 aromatic rings. The molecule has 2 aliphatic heterocycles. The molecule has 4 rings (SSSR count). The second kappa shape index (κ2) is 10.0. The van der Waals surface area contributed by atoms with Gasteiger partial charge in [0.25, 0.3) is 11.8 Å². The average molecular weight is 484 g/mol. The largest absolute Gasteiger partial charge is 0.497 e. The third kappa shape index (κ3) is 5.00. The molecule has 0 bridgehead atoms. The van der Waals surface area contributed by atoms with Crippen molar-refractivity contribution in [2.24, 2.45) is 0 Å². The molecule has 1 spiro atoms. The Morgan fingerprint density at radius 3 is 2.37 bits per heavy atom. The molecular weight excluding hydrogens is 453 g/mol. The van der Waals surface area contributed by atoms with Gasteiger partial charge in [-0.25, -0.2) is 4.39 Å². The average Bonchev–Trinajstić information content (AvgIpc) is 3.22. The van der Waals surface area contributed by atoms with Gasteiger partial charge in [-0.1, -0.05) is 6.07 Å². The van der Waals surface area contributed by atoms with Crippen molar-refractivity contribution >= 4 is 17.7 Å². The number of nitrogens with one attached hydrogen (secondary N) is 1. The highest BCUT2D eigenvalue weighted by Crippen LogP contribution is 2.39. The molecule has 0 saturated carbocycles. The van der Waals surface area contributed by atoms with Gasteiger partial charge in [0.05, 0.1) is 13.7 Å². The van der Waals surface area contributed by atoms with Gasteiger partial charge in [0, 0.05) is 43.1 Å². The van der Waals surface area contributed by atoms with Crippen molar-refractivity contribution in [2.45, 2.75) is 44.5 Å². The molecule has 0 aliphatic carbocycles. The van der Waals surface area contributed by atoms with Gasteiger partial charge >= 0.3 is 0 Å². The zero-order valence-electron chi connectivity index (χ0n) is 20.1. The van der Waals surface area contributed by atoms with Crippen LogP contribution in [0.4, 0.5) is 4.39 Å². The van der Waals surface area contributed by atoms with Crippen molar-refractivity contribution < 1.29 is 28.2 Å². The van der Waals surface area contributed by atoms with Crippen LogP contribution in [0.1, 0.15) is 47.4 Å². The predicted molar refractivity (Wildman–Crippen MR) is 126 cm³/mol. The lowest BCUT2D eigenvalue weighted by molar-refractivity contribution is -0.128. The van der Waals surface area contributed by atoms with Crippen LogP contribution in [0.2, 0.25) is 0 Å². The van der Waals surface area contributed by atoms with Crippen molar-refractivity contribution in [2.75, 3.05) is 26.8 Å². The first-order valence-electron chi connectivity index (χ1n) is 11.7. The quantitative estimate of drug-likeness (QED) is 0.707. The monoisotopic (exact) mass is 483 g/mol. The Morgan fingerprint density at radius 1 is 1.06 bits per heavy atom. The van der Waals surface area contributed by atoms with E-state index in [-0.39, 0.29) is 30.4 Å². The van der Waals surface area contributed by atoms with Crippen LogP contribution in [0.3, 0.4) is 0 Å². The lowest BCUT2D eigenvalue weighted by Gasteiger charge is -2.44. The fourth-order valence-corrected chi connectivity index (χ4v) is 4.68. The van der Waals surface area contributed by atoms with Crippen molar-refractivity contribution in [3.63, 3.8) is 0 Å². The van der Waals surface area contributed by atoms with E-state index in [1.807, 2.05) is 13.8 Å². The van der Waals surface area contributed by atoms with Crippen molar-refractivity contribution in [1.29, 1.82) is 0 Å². The van der Waals surface area contributed by atoms with Gasteiger partial charge in [0.15, 0.2) is 0 Å². The standard InChI is InChI=1S/C26H30FN3O5/c1-17(2)28-23(31)22-16-35-26(30(22)25(33)19-5-4-6-21(15-19)34-3)11-13-29(14-12-26)24(32)18-7-9-20(27)10-8-18/h4-10,15,17,22H,11-14,16H2,1-3H3,(H,28,31)/t22-/m1/s1. The van der Waals surface area contributed by atoms with E-state index in [9.17, 15) is 18.8 Å². The minimum Gasteiger partial charge on any atom is -0.497 e. The topological polar surface area (TPSA) is 88.2 Å². The van der Waals surface area contributed by atoms with Crippen LogP contribution in [0.25, 0.3) is 0 Å². The summed E-state index contributed by atoms with van der Waals surface area (Å²) in [6.45, 7) is 4.45. The lowest BCUT2D eigenvalue weighted by atomic mass is 9.96. The first-order chi connectivity index (χ1) is 16.7. The van der Waals surface area contributed by atoms with Gasteiger partial charge in [-0.2, -0.15) is 0 Å². The Balaban J connectivity index is 1.58. The highest BCUT2D eigenvalue weighted by atomic mass is 19.1. The van der Waals surface area contributed by atoms with Gasteiger partial charge in [-0.05, 0) is 56.3 Å². The maximum Gasteiger partial charge on any atom is 0.257 e. The second-order valence-corrected chi connectivity index (χ2v) is 9.14. The zero-order chi connectivity index (χ0) is 25.2. The van der Waals surface area contributed by atoms with Gasteiger partial charge in [0.2, 0.25) is 5.91 Å². The summed E-state index contributed by atoms with van der Waals surface area (Å²) in [6.07, 6.45) is 0.697. The van der Waals surface area contributed by atoms with Crippen LogP contribution in [0, 0.1) is 5.82 Å². The molecule has 1 N–H and O–H groups in total. The number of methoxy groups -OCH3 is 1. The second-order valence-electron chi connectivity index (χ2n) is 9.14. The summed E-state index contributed by atoms with van der Waals surface area (Å²) in [5, 5.41) is 2.89. The Morgan fingerprint density at radius 2 is 1.74 bits per heavy atom. The summed E-state index contributed by atoms with van der Waals surface area (Å²) in [5.41, 5.74) is -0.229. The molecule has 1 atom stereocenters. The van der Waals surface area contributed by atoms with Crippen LogP contribution in [0.15, 0.2) is 48.5 Å². The number of ether oxygens (including phenoxy) is 2. The first kappa shape index (κ1) is 24.7. The summed E-state index contributed by atoms with van der Waals surface area (Å²) in [5.74, 6) is -0.692. The molecule has 2 fully saturated rings. The van der Waals surface area contributed by atoms with Crippen LogP contribution in [0.5, 0.6) is 5.75 Å². The summed E-state index contributed by atoms with van der Waals surface area (Å²) in [4.78, 5) is 42.9. The summed E-state index contributed by atoms with van der Waals surface area (Å²) >= 11 is 0. The van der Waals surface area contributed by atoms with Gasteiger partial charge in [-0.15, -0.1) is 0 Å². The number of hydrogen-bond donors (Lipinski definition) is 1. The number of halogens is 1. The number of amides is 3. The number of nitrogens with zero attached hydrogens (tertiary/aromatic N) is 2. The minimum absolute atomic E-state index is 0.0696. The fraction of sp³-hybridized carbons (Fsp3) is 0.423. The molecule has 2 aromatic carbocycles. The van der Waals surface area contributed by atoms with E-state index in [0.717, 1.165) is 0 Å². The molecule has 0 aromatic heterocycles. The number of piperidine rings is 1. The minimum atomic E-state index is -1.02. The Hall–Kier alpha value is -3.46. The molecule has 35 heavy (non-hydrogen) atoms. The number of benzene rings is 2. The SMILES string of the molecule is COc1cccc(C(=O)N2[C@@H](C(=O)NC(C)C)COC23CCN(C(=O)c2ccc(F)cc2)CC3)c1. The number of hydrogen-bond acceptors (Lipinski definition) is 5. The molecular formula is C26H30FN3O5. The van der Waals surface area contributed by atoms with Crippen molar-refractivity contribution in [3.05, 3.63) is 65.5 Å². The van der Waals surface area contributed by atoms with E-state index in [4.69, 9.17) is 9.47 Å². The Labute approximate surface area is 204 Å². The third-order valence-corrected chi connectivity index (χ3v) is 6.45. The number of likely N-dealkylation sites (tertiary alicyclic amines) is 1. The fourth-order valence-electron chi connectivity index (χ4n) is 4.68. The van der Waals surface area contributed by atoms with Gasteiger partial charge in [-0.3, -0.25) is 19.3 Å². The molecule has 8 nitrogen and oxygen atoms in total. The summed E-state index contributed by atoms with van der Waals surface area (Å²) < 4.78 is 24.7. The molecule has 9 heteroatoms. The maximum absolute atomic E-state index is 13.8. The molecule has 2 aliphatic rings. The predicted octanol–water partition coefficient (Wildman–Crippen LogP) is 2.83. The van der Waals surface area contributed by atoms with E-state index in [1.165, 1.54) is 31.4 Å². The van der Waals surface area contributed by atoms with E-state index >= 15 is 0 Å². The number of carbonyl (C=O) groups excluding carboxylic acids is 3. The third-order valence-electron chi connectivity index (χ3n) is 6.45. The maximum atomic E-state index is 13.8. The van der Waals surface area contributed by atoms with Gasteiger partial charge in [0.1, 0.15) is 23.3 Å². The molecule has 0 unspecified atom stereocenters. The van der Waals surface area contributed by atoms with E-state index in [1.54, 1.807) is 34.1 Å². The first-order valence-corrected chi connectivity index (χ1v) is 11.7. The van der Waals surface area contributed by atoms with Crippen molar-refractivity contribution in [3.8, 4) is 5.75 Å². The van der Waals surface area contributed by atoms with E-state index < -0.39 is 17.6 Å².